The minimum absolute atomic E-state index is 0.668. The summed E-state index contributed by atoms with van der Waals surface area (Å²) in [6.45, 7) is 7.79. The molecule has 1 aromatic heterocycles. The number of hydrogen-bond donors (Lipinski definition) is 2. The van der Waals surface area contributed by atoms with Gasteiger partial charge in [0.1, 0.15) is 0 Å². The molecule has 5 heteroatoms. The quantitative estimate of drug-likeness (QED) is 0.569. The van der Waals surface area contributed by atoms with Crippen molar-refractivity contribution in [3.8, 4) is 0 Å². The first-order valence-electron chi connectivity index (χ1n) is 10.6. The Hall–Kier alpha value is -2.40. The minimum atomic E-state index is 0.668. The summed E-state index contributed by atoms with van der Waals surface area (Å²) in [5.74, 6) is 0.821. The van der Waals surface area contributed by atoms with E-state index in [1.165, 1.54) is 49.9 Å². The van der Waals surface area contributed by atoms with Crippen molar-refractivity contribution in [2.24, 2.45) is 4.99 Å². The van der Waals surface area contributed by atoms with Crippen LogP contribution in [0.1, 0.15) is 49.4 Å². The van der Waals surface area contributed by atoms with E-state index in [9.17, 15) is 0 Å². The molecule has 1 fully saturated rings. The molecular formula is C23H33N5. The van der Waals surface area contributed by atoms with Crippen LogP contribution in [0.3, 0.4) is 0 Å². The summed E-state index contributed by atoms with van der Waals surface area (Å²) >= 11 is 0. The number of rotatable bonds is 7. The Balaban J connectivity index is 1.51. The number of likely N-dealkylation sites (tertiary alicyclic amines) is 1. The lowest BCUT2D eigenvalue weighted by Crippen LogP contribution is -2.37. The van der Waals surface area contributed by atoms with E-state index in [0.717, 1.165) is 24.7 Å². The van der Waals surface area contributed by atoms with Gasteiger partial charge in [-0.1, -0.05) is 43.2 Å². The third-order valence-corrected chi connectivity index (χ3v) is 5.05. The standard InChI is InChI=1S/C23H33N5/c1-2-24-23(27-18-22-9-5-6-14-25-22)26-17-20-10-12-21(13-11-20)19-28-15-7-3-4-8-16-28/h5-6,9-14H,2-4,7-8,15-19H2,1H3,(H2,24,26,27). The lowest BCUT2D eigenvalue weighted by molar-refractivity contribution is 0.277. The summed E-state index contributed by atoms with van der Waals surface area (Å²) in [5, 5.41) is 6.65. The SMILES string of the molecule is CCNC(=NCc1ccc(CN2CCCCCC2)cc1)NCc1ccccn1. The highest BCUT2D eigenvalue weighted by molar-refractivity contribution is 5.79. The number of nitrogens with zero attached hydrogens (tertiary/aromatic N) is 3. The van der Waals surface area contributed by atoms with Crippen LogP contribution in [-0.2, 0) is 19.6 Å². The summed E-state index contributed by atoms with van der Waals surface area (Å²) < 4.78 is 0. The molecule has 1 aliphatic heterocycles. The van der Waals surface area contributed by atoms with Gasteiger partial charge in [-0.3, -0.25) is 9.88 Å². The second kappa shape index (κ2) is 11.4. The van der Waals surface area contributed by atoms with E-state index in [1.807, 2.05) is 24.4 Å². The van der Waals surface area contributed by atoms with Crippen LogP contribution in [0.5, 0.6) is 0 Å². The third kappa shape index (κ3) is 6.97. The number of aromatic nitrogens is 1. The number of aliphatic imine (C=N–C) groups is 1. The highest BCUT2D eigenvalue weighted by Gasteiger charge is 2.09. The number of pyridine rings is 1. The Morgan fingerprint density at radius 3 is 2.39 bits per heavy atom. The lowest BCUT2D eigenvalue weighted by atomic mass is 10.1. The van der Waals surface area contributed by atoms with Crippen molar-refractivity contribution in [2.45, 2.75) is 52.2 Å². The van der Waals surface area contributed by atoms with Crippen molar-refractivity contribution in [1.29, 1.82) is 0 Å². The molecule has 2 heterocycles. The zero-order valence-electron chi connectivity index (χ0n) is 17.0. The number of nitrogens with one attached hydrogen (secondary N) is 2. The van der Waals surface area contributed by atoms with Gasteiger partial charge in [-0.25, -0.2) is 4.99 Å². The molecule has 0 unspecified atom stereocenters. The first kappa shape index (κ1) is 20.3. The van der Waals surface area contributed by atoms with Crippen molar-refractivity contribution < 1.29 is 0 Å². The van der Waals surface area contributed by atoms with Gasteiger partial charge in [0.2, 0.25) is 0 Å². The molecule has 0 aliphatic carbocycles. The van der Waals surface area contributed by atoms with Crippen LogP contribution in [0, 0.1) is 0 Å². The van der Waals surface area contributed by atoms with E-state index in [0.29, 0.717) is 13.1 Å². The van der Waals surface area contributed by atoms with E-state index < -0.39 is 0 Å². The molecule has 0 radical (unpaired) electrons. The summed E-state index contributed by atoms with van der Waals surface area (Å²) in [6.07, 6.45) is 7.26. The molecule has 5 nitrogen and oxygen atoms in total. The zero-order chi connectivity index (χ0) is 19.4. The van der Waals surface area contributed by atoms with E-state index in [4.69, 9.17) is 4.99 Å². The topological polar surface area (TPSA) is 52.6 Å². The molecule has 1 saturated heterocycles. The van der Waals surface area contributed by atoms with E-state index in [-0.39, 0.29) is 0 Å². The molecule has 1 aliphatic rings. The van der Waals surface area contributed by atoms with Crippen LogP contribution >= 0.6 is 0 Å². The van der Waals surface area contributed by atoms with Gasteiger partial charge in [0, 0.05) is 19.3 Å². The predicted octanol–water partition coefficient (Wildman–Crippen LogP) is 3.71. The van der Waals surface area contributed by atoms with Crippen molar-refractivity contribution in [2.75, 3.05) is 19.6 Å². The van der Waals surface area contributed by atoms with Crippen LogP contribution < -0.4 is 10.6 Å². The maximum Gasteiger partial charge on any atom is 0.191 e. The first-order chi connectivity index (χ1) is 13.8. The summed E-state index contributed by atoms with van der Waals surface area (Å²) in [4.78, 5) is 11.6. The van der Waals surface area contributed by atoms with Gasteiger partial charge >= 0.3 is 0 Å². The molecule has 2 aromatic rings. The Bertz CT molecular complexity index is 704. The van der Waals surface area contributed by atoms with Gasteiger partial charge in [-0.15, -0.1) is 0 Å². The van der Waals surface area contributed by atoms with Gasteiger partial charge in [-0.2, -0.15) is 0 Å². The molecule has 0 amide bonds. The van der Waals surface area contributed by atoms with E-state index >= 15 is 0 Å². The summed E-state index contributed by atoms with van der Waals surface area (Å²) in [7, 11) is 0. The van der Waals surface area contributed by atoms with Gasteiger partial charge in [0.05, 0.1) is 18.8 Å². The van der Waals surface area contributed by atoms with Crippen molar-refractivity contribution in [3.05, 3.63) is 65.5 Å². The van der Waals surface area contributed by atoms with E-state index in [2.05, 4.69) is 51.7 Å². The number of benzene rings is 1. The minimum Gasteiger partial charge on any atom is -0.357 e. The molecule has 1 aromatic carbocycles. The van der Waals surface area contributed by atoms with Crippen molar-refractivity contribution in [1.82, 2.24) is 20.5 Å². The van der Waals surface area contributed by atoms with Gasteiger partial charge in [0.15, 0.2) is 5.96 Å². The normalized spacial score (nSPS) is 15.8. The molecule has 2 N–H and O–H groups in total. The number of guanidine groups is 1. The largest absolute Gasteiger partial charge is 0.357 e. The second-order valence-corrected chi connectivity index (χ2v) is 7.38. The van der Waals surface area contributed by atoms with Crippen LogP contribution in [0.4, 0.5) is 0 Å². The Labute approximate surface area is 169 Å². The van der Waals surface area contributed by atoms with Crippen LogP contribution in [0.2, 0.25) is 0 Å². The second-order valence-electron chi connectivity index (χ2n) is 7.38. The molecule has 0 atom stereocenters. The Kier molecular flexibility index (Phi) is 8.31. The molecule has 0 bridgehead atoms. The van der Waals surface area contributed by atoms with Crippen LogP contribution in [-0.4, -0.2) is 35.5 Å². The lowest BCUT2D eigenvalue weighted by Gasteiger charge is -2.19. The molecule has 0 spiro atoms. The smallest absolute Gasteiger partial charge is 0.191 e. The van der Waals surface area contributed by atoms with Gasteiger partial charge in [-0.05, 0) is 56.1 Å². The molecule has 28 heavy (non-hydrogen) atoms. The monoisotopic (exact) mass is 379 g/mol. The zero-order valence-corrected chi connectivity index (χ0v) is 17.0. The van der Waals surface area contributed by atoms with E-state index in [1.54, 1.807) is 0 Å². The number of hydrogen-bond acceptors (Lipinski definition) is 3. The average Bonchev–Trinajstić information content (AvgIpc) is 3.00. The third-order valence-electron chi connectivity index (χ3n) is 5.05. The Morgan fingerprint density at radius 2 is 1.71 bits per heavy atom. The molecular weight excluding hydrogens is 346 g/mol. The predicted molar refractivity (Wildman–Crippen MR) is 116 cm³/mol. The fraction of sp³-hybridized carbons (Fsp3) is 0.478. The average molecular weight is 380 g/mol. The fourth-order valence-corrected chi connectivity index (χ4v) is 3.49. The molecule has 0 saturated carbocycles. The Morgan fingerprint density at radius 1 is 0.964 bits per heavy atom. The summed E-state index contributed by atoms with van der Waals surface area (Å²) in [5.41, 5.74) is 3.63. The van der Waals surface area contributed by atoms with Crippen molar-refractivity contribution in [3.63, 3.8) is 0 Å². The molecule has 150 valence electrons. The molecule has 3 rings (SSSR count). The van der Waals surface area contributed by atoms with Gasteiger partial charge < -0.3 is 10.6 Å². The highest BCUT2D eigenvalue weighted by atomic mass is 15.2. The van der Waals surface area contributed by atoms with Crippen LogP contribution in [0.25, 0.3) is 0 Å². The van der Waals surface area contributed by atoms with Gasteiger partial charge in [0.25, 0.3) is 0 Å². The maximum atomic E-state index is 4.71. The highest BCUT2D eigenvalue weighted by Crippen LogP contribution is 2.14. The fourth-order valence-electron chi connectivity index (χ4n) is 3.49. The first-order valence-corrected chi connectivity index (χ1v) is 10.6. The van der Waals surface area contributed by atoms with Crippen LogP contribution in [0.15, 0.2) is 53.7 Å². The van der Waals surface area contributed by atoms with Crippen molar-refractivity contribution >= 4 is 5.96 Å². The maximum absolute atomic E-state index is 4.71. The summed E-state index contributed by atoms with van der Waals surface area (Å²) in [6, 6.07) is 14.9.